The molecule has 0 fully saturated rings. The van der Waals surface area contributed by atoms with Gasteiger partial charge in [-0.05, 0) is 0 Å². The van der Waals surface area contributed by atoms with Crippen molar-refractivity contribution in [3.05, 3.63) is 0 Å². The van der Waals surface area contributed by atoms with Gasteiger partial charge in [0.15, 0.2) is 0 Å². The second kappa shape index (κ2) is 8.55. The van der Waals surface area contributed by atoms with Crippen LogP contribution in [0.5, 0.6) is 0 Å². The lowest BCUT2D eigenvalue weighted by Crippen LogP contribution is -2.26. The second-order valence-corrected chi connectivity index (χ2v) is 3.74. The standard InChI is InChI=1S/C4H17B7.11H2/c1-3-6-4(2)7-9-11-10-8-5;;;;;;;;;;;/h4,6-11H,3,5H2,1-2H3;11*1H. The first-order chi connectivity index (χ1) is 5.31. The molecule has 11 heavy (non-hydrogen) atoms. The molecule has 0 bridgehead atoms. The minimum absolute atomic E-state index is 0. The van der Waals surface area contributed by atoms with Gasteiger partial charge in [-0.2, -0.15) is 0 Å². The molecule has 0 rings (SSSR count). The van der Waals surface area contributed by atoms with Crippen molar-refractivity contribution in [2.24, 2.45) is 0 Å². The monoisotopic (exact) mass is 164 g/mol. The maximum Gasteiger partial charge on any atom is 0.114 e. The van der Waals surface area contributed by atoms with Crippen molar-refractivity contribution < 1.29 is 15.7 Å². The fourth-order valence-electron chi connectivity index (χ4n) is 1.56. The first kappa shape index (κ1) is 11.5. The Morgan fingerprint density at radius 2 is 2.09 bits per heavy atom. The van der Waals surface area contributed by atoms with E-state index in [2.05, 4.69) is 21.6 Å². The van der Waals surface area contributed by atoms with Crippen LogP contribution in [0.15, 0.2) is 0 Å². The Balaban J connectivity index is -0.00000000909. The van der Waals surface area contributed by atoms with E-state index < -0.39 is 0 Å². The van der Waals surface area contributed by atoms with Crippen molar-refractivity contribution in [1.29, 1.82) is 0 Å². The molecule has 0 aromatic heterocycles. The highest BCUT2D eigenvalue weighted by molar-refractivity contribution is 7.58. The van der Waals surface area contributed by atoms with Crippen molar-refractivity contribution in [3.63, 3.8) is 0 Å². The molecule has 0 aliphatic rings. The van der Waals surface area contributed by atoms with Crippen LogP contribution >= 0.6 is 0 Å². The van der Waals surface area contributed by atoms with Crippen LogP contribution in [0.2, 0.25) is 12.0 Å². The smallest absolute Gasteiger partial charge is 0.0994 e. The molecule has 76 valence electrons. The Bertz CT molecular complexity index is 98.8. The molecule has 0 heterocycles. The summed E-state index contributed by atoms with van der Waals surface area (Å²) in [6.45, 7) is 4.66. The molecule has 0 aliphatic carbocycles. The summed E-state index contributed by atoms with van der Waals surface area (Å²) < 4.78 is 0. The Morgan fingerprint density at radius 3 is 2.64 bits per heavy atom. The van der Waals surface area contributed by atoms with E-state index in [9.17, 15) is 0 Å². The predicted molar refractivity (Wildman–Crippen MR) is 94.6 cm³/mol. The molecule has 0 nitrogen and oxygen atoms in total. The van der Waals surface area contributed by atoms with Crippen molar-refractivity contribution >= 4 is 50.4 Å². The second-order valence-electron chi connectivity index (χ2n) is 3.74. The van der Waals surface area contributed by atoms with Crippen molar-refractivity contribution in [3.8, 4) is 0 Å². The van der Waals surface area contributed by atoms with E-state index in [1.54, 1.807) is 0 Å². The predicted octanol–water partition coefficient (Wildman–Crippen LogP) is -0.276. The minimum Gasteiger partial charge on any atom is -0.0994 e. The quantitative estimate of drug-likeness (QED) is 0.358. The molecule has 0 N–H and O–H groups in total. The summed E-state index contributed by atoms with van der Waals surface area (Å²) in [6, 6.07) is 0. The lowest BCUT2D eigenvalue weighted by atomic mass is 8.97. The molecule has 0 aromatic rings. The lowest BCUT2D eigenvalue weighted by molar-refractivity contribution is 1.28. The Hall–Kier alpha value is 0.455. The van der Waals surface area contributed by atoms with Gasteiger partial charge in [0.25, 0.3) is 0 Å². The zero-order chi connectivity index (χ0) is 8.53. The molecule has 0 amide bonds. The van der Waals surface area contributed by atoms with Gasteiger partial charge in [-0.3, -0.25) is 0 Å². The topological polar surface area (TPSA) is 0 Å². The molecule has 1 unspecified atom stereocenters. The lowest BCUT2D eigenvalue weighted by Gasteiger charge is -2.03. The van der Waals surface area contributed by atoms with Gasteiger partial charge in [-0.1, -0.05) is 25.9 Å². The highest BCUT2D eigenvalue weighted by atomic mass is 13.6. The SMILES string of the molecule is BBBBBBC(C)BCC.[HH].[HH].[HH].[HH].[HH].[HH].[HH].[HH].[HH].[HH].[HH]. The molecule has 0 aromatic carbocycles. The van der Waals surface area contributed by atoms with E-state index in [0.29, 0.717) is 0 Å². The first-order valence-electron chi connectivity index (χ1n) is 5.31. The largest absolute Gasteiger partial charge is 0.114 e. The summed E-state index contributed by atoms with van der Waals surface area (Å²) in [5.74, 6) is 0. The van der Waals surface area contributed by atoms with Gasteiger partial charge in [0.1, 0.15) is 7.28 Å². The Morgan fingerprint density at radius 1 is 1.36 bits per heavy atom. The van der Waals surface area contributed by atoms with Crippen molar-refractivity contribution in [2.75, 3.05) is 0 Å². The molecule has 0 saturated heterocycles. The Labute approximate surface area is 93.2 Å². The van der Waals surface area contributed by atoms with Crippen LogP contribution in [0.3, 0.4) is 0 Å². The summed E-state index contributed by atoms with van der Waals surface area (Å²) in [6.07, 6.45) is 1.36. The van der Waals surface area contributed by atoms with Crippen LogP contribution in [0.25, 0.3) is 0 Å². The average molecular weight is 163 g/mol. The van der Waals surface area contributed by atoms with E-state index in [-0.39, 0.29) is 15.7 Å². The van der Waals surface area contributed by atoms with Crippen LogP contribution in [0.1, 0.15) is 29.5 Å². The van der Waals surface area contributed by atoms with Crippen molar-refractivity contribution in [2.45, 2.75) is 25.9 Å². The Kier molecular flexibility index (Phi) is 8.90. The summed E-state index contributed by atoms with van der Waals surface area (Å²) in [7, 11) is 10.8. The van der Waals surface area contributed by atoms with E-state index >= 15 is 0 Å². The summed E-state index contributed by atoms with van der Waals surface area (Å²) in [4.78, 5) is 0. The normalized spacial score (nSPS) is 11.1. The summed E-state index contributed by atoms with van der Waals surface area (Å²) in [5, 5.41) is 0. The summed E-state index contributed by atoms with van der Waals surface area (Å²) >= 11 is 0. The van der Waals surface area contributed by atoms with Gasteiger partial charge >= 0.3 is 0 Å². The molecule has 1 atom stereocenters. The molecular formula is C4H39B7. The van der Waals surface area contributed by atoms with E-state index in [1.165, 1.54) is 49.0 Å². The zero-order valence-corrected chi connectivity index (χ0v) is 8.53. The highest BCUT2D eigenvalue weighted by Crippen LogP contribution is 1.98. The van der Waals surface area contributed by atoms with Crippen LogP contribution in [-0.4, -0.2) is 50.4 Å². The number of hydrogen-bond acceptors (Lipinski definition) is 0. The fourth-order valence-corrected chi connectivity index (χ4v) is 1.56. The van der Waals surface area contributed by atoms with E-state index in [4.69, 9.17) is 0 Å². The average Bonchev–Trinajstić information content (AvgIpc) is 1.99. The summed E-state index contributed by atoms with van der Waals surface area (Å²) in [5.41, 5.74) is 0.969. The number of rotatable bonds is 7. The van der Waals surface area contributed by atoms with Crippen LogP contribution in [0, 0.1) is 0 Å². The molecular weight excluding hydrogens is 124 g/mol. The van der Waals surface area contributed by atoms with Crippen LogP contribution in [-0.2, 0) is 0 Å². The highest BCUT2D eigenvalue weighted by Gasteiger charge is 2.04. The van der Waals surface area contributed by atoms with Crippen molar-refractivity contribution in [1.82, 2.24) is 0 Å². The fraction of sp³-hybridized carbons (Fsp3) is 1.00. The molecule has 0 radical (unpaired) electrons. The van der Waals surface area contributed by atoms with Gasteiger partial charge < -0.3 is 0 Å². The van der Waals surface area contributed by atoms with Gasteiger partial charge in [0.2, 0.25) is 0 Å². The third-order valence-electron chi connectivity index (χ3n) is 2.33. The molecule has 0 spiro atoms. The van der Waals surface area contributed by atoms with Crippen LogP contribution in [0.4, 0.5) is 0 Å². The number of hydrogen-bond donors (Lipinski definition) is 0. The first-order valence-corrected chi connectivity index (χ1v) is 5.31. The van der Waals surface area contributed by atoms with Crippen LogP contribution < -0.4 is 0 Å². The third-order valence-corrected chi connectivity index (χ3v) is 2.33. The van der Waals surface area contributed by atoms with Gasteiger partial charge in [0.05, 0.1) is 14.9 Å². The maximum atomic E-state index is 2.38. The van der Waals surface area contributed by atoms with Gasteiger partial charge in [-0.25, -0.2) is 0 Å². The minimum atomic E-state index is 0. The van der Waals surface area contributed by atoms with Gasteiger partial charge in [-0.15, -0.1) is 0 Å². The maximum absolute atomic E-state index is 2.38. The molecule has 0 saturated carbocycles. The molecule has 0 aliphatic heterocycles. The van der Waals surface area contributed by atoms with E-state index in [0.717, 1.165) is 5.72 Å². The zero-order valence-electron chi connectivity index (χ0n) is 8.53. The molecule has 7 heteroatoms. The van der Waals surface area contributed by atoms with E-state index in [1.807, 2.05) is 0 Å². The van der Waals surface area contributed by atoms with Gasteiger partial charge in [0, 0.05) is 43.9 Å². The third kappa shape index (κ3) is 8.36.